The summed E-state index contributed by atoms with van der Waals surface area (Å²) in [7, 11) is 0. The van der Waals surface area contributed by atoms with E-state index in [2.05, 4.69) is 12.2 Å². The predicted molar refractivity (Wildman–Crippen MR) is 127 cm³/mol. The number of amides is 1. The molecule has 1 atom stereocenters. The number of rotatable bonds is 9. The minimum atomic E-state index is -1.25. The number of carbonyl (C=O) groups excluding carboxylic acids is 3. The Morgan fingerprint density at radius 2 is 1.39 bits per heavy atom. The molecular weight excluding hydrogens is 420 g/mol. The Hall–Kier alpha value is -3.61. The van der Waals surface area contributed by atoms with Crippen LogP contribution in [0.3, 0.4) is 0 Å². The van der Waals surface area contributed by atoms with Crippen molar-refractivity contribution in [3.8, 4) is 0 Å². The SMILES string of the molecule is CCOC(=O)C1=C(Nc2ccc(CC)cc2)C(=O)N(c2ccc(CC)cc2)C1C(=O)OCC. The van der Waals surface area contributed by atoms with E-state index in [1.54, 1.807) is 26.0 Å². The molecule has 1 N–H and O–H groups in total. The van der Waals surface area contributed by atoms with Gasteiger partial charge in [0.25, 0.3) is 5.91 Å². The Kier molecular flexibility index (Phi) is 7.87. The fourth-order valence-electron chi connectivity index (χ4n) is 3.73. The maximum absolute atomic E-state index is 13.6. The smallest absolute Gasteiger partial charge is 0.339 e. The van der Waals surface area contributed by atoms with E-state index in [9.17, 15) is 14.4 Å². The molecule has 2 aromatic carbocycles. The summed E-state index contributed by atoms with van der Waals surface area (Å²) in [6, 6.07) is 13.6. The Morgan fingerprint density at radius 1 is 0.848 bits per heavy atom. The molecule has 0 saturated heterocycles. The lowest BCUT2D eigenvalue weighted by Crippen LogP contribution is -2.43. The molecule has 3 rings (SSSR count). The van der Waals surface area contributed by atoms with Crippen LogP contribution in [0.1, 0.15) is 38.8 Å². The van der Waals surface area contributed by atoms with Crippen LogP contribution in [-0.2, 0) is 36.7 Å². The third kappa shape index (κ3) is 5.08. The predicted octanol–water partition coefficient (Wildman–Crippen LogP) is 4.02. The number of benzene rings is 2. The van der Waals surface area contributed by atoms with Gasteiger partial charge < -0.3 is 14.8 Å². The number of nitrogens with one attached hydrogen (secondary N) is 1. The van der Waals surface area contributed by atoms with Crippen molar-refractivity contribution < 1.29 is 23.9 Å². The summed E-state index contributed by atoms with van der Waals surface area (Å²) in [4.78, 5) is 40.9. The second-order valence-electron chi connectivity index (χ2n) is 7.53. The molecule has 0 aliphatic carbocycles. The van der Waals surface area contributed by atoms with Crippen LogP contribution in [0, 0.1) is 0 Å². The van der Waals surface area contributed by atoms with E-state index < -0.39 is 23.9 Å². The summed E-state index contributed by atoms with van der Waals surface area (Å²) in [5.41, 5.74) is 3.30. The van der Waals surface area contributed by atoms with Gasteiger partial charge in [0.05, 0.1) is 13.2 Å². The summed E-state index contributed by atoms with van der Waals surface area (Å²) in [6.45, 7) is 7.66. The van der Waals surface area contributed by atoms with E-state index in [1.807, 2.05) is 43.3 Å². The van der Waals surface area contributed by atoms with Crippen LogP contribution >= 0.6 is 0 Å². The van der Waals surface area contributed by atoms with E-state index in [1.165, 1.54) is 4.90 Å². The van der Waals surface area contributed by atoms with Crippen molar-refractivity contribution in [3.63, 3.8) is 0 Å². The molecule has 1 aliphatic heterocycles. The third-order valence-electron chi connectivity index (χ3n) is 5.49. The van der Waals surface area contributed by atoms with E-state index >= 15 is 0 Å². The molecule has 7 heteroatoms. The zero-order chi connectivity index (χ0) is 24.0. The Morgan fingerprint density at radius 3 is 1.91 bits per heavy atom. The topological polar surface area (TPSA) is 84.9 Å². The first-order valence-electron chi connectivity index (χ1n) is 11.3. The second kappa shape index (κ2) is 10.8. The van der Waals surface area contributed by atoms with Gasteiger partial charge in [0, 0.05) is 11.4 Å². The minimum Gasteiger partial charge on any atom is -0.464 e. The summed E-state index contributed by atoms with van der Waals surface area (Å²) >= 11 is 0. The van der Waals surface area contributed by atoms with Crippen LogP contribution < -0.4 is 10.2 Å². The molecule has 1 amide bonds. The van der Waals surface area contributed by atoms with Crippen LogP contribution in [0.4, 0.5) is 11.4 Å². The van der Waals surface area contributed by atoms with E-state index in [-0.39, 0.29) is 24.5 Å². The van der Waals surface area contributed by atoms with Gasteiger partial charge in [0.15, 0.2) is 6.04 Å². The van der Waals surface area contributed by atoms with Gasteiger partial charge in [0.2, 0.25) is 0 Å². The molecule has 33 heavy (non-hydrogen) atoms. The number of esters is 2. The van der Waals surface area contributed by atoms with Gasteiger partial charge in [-0.2, -0.15) is 0 Å². The van der Waals surface area contributed by atoms with Gasteiger partial charge in [-0.1, -0.05) is 38.1 Å². The molecule has 0 aromatic heterocycles. The molecule has 1 unspecified atom stereocenters. The van der Waals surface area contributed by atoms with Crippen LogP contribution in [0.5, 0.6) is 0 Å². The van der Waals surface area contributed by atoms with Gasteiger partial charge in [0.1, 0.15) is 11.3 Å². The number of aryl methyl sites for hydroxylation is 2. The molecule has 7 nitrogen and oxygen atoms in total. The van der Waals surface area contributed by atoms with Gasteiger partial charge >= 0.3 is 11.9 Å². The lowest BCUT2D eigenvalue weighted by atomic mass is 10.1. The number of carbonyl (C=O) groups is 3. The third-order valence-corrected chi connectivity index (χ3v) is 5.49. The molecular formula is C26H30N2O5. The zero-order valence-electron chi connectivity index (χ0n) is 19.5. The Balaban J connectivity index is 2.11. The number of hydrogen-bond acceptors (Lipinski definition) is 6. The summed E-state index contributed by atoms with van der Waals surface area (Å²) in [5.74, 6) is -1.92. The summed E-state index contributed by atoms with van der Waals surface area (Å²) < 4.78 is 10.5. The molecule has 1 heterocycles. The van der Waals surface area contributed by atoms with Crippen molar-refractivity contribution in [2.75, 3.05) is 23.4 Å². The summed E-state index contributed by atoms with van der Waals surface area (Å²) in [5, 5.41) is 3.06. The minimum absolute atomic E-state index is 0.00956. The van der Waals surface area contributed by atoms with Crippen molar-refractivity contribution in [3.05, 3.63) is 70.9 Å². The maximum Gasteiger partial charge on any atom is 0.339 e. The molecule has 0 spiro atoms. The zero-order valence-corrected chi connectivity index (χ0v) is 19.5. The van der Waals surface area contributed by atoms with Gasteiger partial charge in [-0.25, -0.2) is 9.59 Å². The molecule has 2 aromatic rings. The lowest BCUT2D eigenvalue weighted by molar-refractivity contribution is -0.147. The Bertz CT molecular complexity index is 1040. The lowest BCUT2D eigenvalue weighted by Gasteiger charge is -2.25. The van der Waals surface area contributed by atoms with Crippen LogP contribution in [0.2, 0.25) is 0 Å². The van der Waals surface area contributed by atoms with E-state index in [4.69, 9.17) is 9.47 Å². The molecule has 0 bridgehead atoms. The van der Waals surface area contributed by atoms with Crippen molar-refractivity contribution in [2.24, 2.45) is 0 Å². The first-order chi connectivity index (χ1) is 15.9. The molecule has 0 saturated carbocycles. The number of hydrogen-bond donors (Lipinski definition) is 1. The largest absolute Gasteiger partial charge is 0.464 e. The van der Waals surface area contributed by atoms with Gasteiger partial charge in [-0.15, -0.1) is 0 Å². The van der Waals surface area contributed by atoms with Gasteiger partial charge in [-0.05, 0) is 62.1 Å². The highest BCUT2D eigenvalue weighted by Gasteiger charge is 2.49. The van der Waals surface area contributed by atoms with E-state index in [0.29, 0.717) is 11.4 Å². The first-order valence-corrected chi connectivity index (χ1v) is 11.3. The standard InChI is InChI=1S/C26H30N2O5/c1-5-17-9-13-19(14-10-17)27-22-21(25(30)32-7-3)23(26(31)33-8-4)28(24(22)29)20-15-11-18(6-2)12-16-20/h9-16,23,27H,5-8H2,1-4H3. The normalized spacial score (nSPS) is 15.6. The molecule has 174 valence electrons. The second-order valence-corrected chi connectivity index (χ2v) is 7.53. The quantitative estimate of drug-likeness (QED) is 0.581. The average molecular weight is 451 g/mol. The van der Waals surface area contributed by atoms with Crippen LogP contribution in [0.15, 0.2) is 59.8 Å². The van der Waals surface area contributed by atoms with Crippen molar-refractivity contribution in [1.82, 2.24) is 0 Å². The number of ether oxygens (including phenoxy) is 2. The van der Waals surface area contributed by atoms with Crippen molar-refractivity contribution in [2.45, 2.75) is 46.6 Å². The Labute approximate surface area is 194 Å². The fourth-order valence-corrected chi connectivity index (χ4v) is 3.73. The maximum atomic E-state index is 13.6. The molecule has 0 fully saturated rings. The highest BCUT2D eigenvalue weighted by Crippen LogP contribution is 2.34. The van der Waals surface area contributed by atoms with Crippen LogP contribution in [-0.4, -0.2) is 37.1 Å². The van der Waals surface area contributed by atoms with Crippen LogP contribution in [0.25, 0.3) is 0 Å². The molecule has 1 aliphatic rings. The average Bonchev–Trinajstić information content (AvgIpc) is 3.12. The first kappa shape index (κ1) is 24.0. The fraction of sp³-hybridized carbons (Fsp3) is 0.346. The highest BCUT2D eigenvalue weighted by molar-refractivity contribution is 6.22. The van der Waals surface area contributed by atoms with Crippen molar-refractivity contribution >= 4 is 29.2 Å². The summed E-state index contributed by atoms with van der Waals surface area (Å²) in [6.07, 6.45) is 1.71. The van der Waals surface area contributed by atoms with E-state index in [0.717, 1.165) is 24.0 Å². The monoisotopic (exact) mass is 450 g/mol. The highest BCUT2D eigenvalue weighted by atomic mass is 16.5. The molecule has 0 radical (unpaired) electrons. The van der Waals surface area contributed by atoms with Gasteiger partial charge in [-0.3, -0.25) is 9.69 Å². The van der Waals surface area contributed by atoms with Crippen molar-refractivity contribution in [1.29, 1.82) is 0 Å². The number of nitrogens with zero attached hydrogens (tertiary/aromatic N) is 1. The number of anilines is 2.